The van der Waals surface area contributed by atoms with Crippen LogP contribution in [0.15, 0.2) is 30.3 Å². The summed E-state index contributed by atoms with van der Waals surface area (Å²) in [6.07, 6.45) is 5.71. The van der Waals surface area contributed by atoms with E-state index >= 15 is 0 Å². The van der Waals surface area contributed by atoms with E-state index in [1.54, 1.807) is 6.07 Å². The second kappa shape index (κ2) is 8.65. The van der Waals surface area contributed by atoms with Crippen LogP contribution in [-0.4, -0.2) is 28.5 Å². The lowest BCUT2D eigenvalue weighted by molar-refractivity contribution is 0.0922. The molecule has 1 aromatic carbocycles. The summed E-state index contributed by atoms with van der Waals surface area (Å²) in [5.41, 5.74) is 2.00. The quantitative estimate of drug-likeness (QED) is 0.820. The molecule has 0 aliphatic heterocycles. The molecule has 0 saturated heterocycles. The lowest BCUT2D eigenvalue weighted by Gasteiger charge is -2.22. The molecular formula is C20H26N4O2. The summed E-state index contributed by atoms with van der Waals surface area (Å²) >= 11 is 0. The molecule has 1 saturated carbocycles. The minimum absolute atomic E-state index is 0.128. The van der Waals surface area contributed by atoms with Crippen molar-refractivity contribution in [3.63, 3.8) is 0 Å². The van der Waals surface area contributed by atoms with Crippen molar-refractivity contribution in [3.8, 4) is 5.75 Å². The van der Waals surface area contributed by atoms with Gasteiger partial charge in [-0.2, -0.15) is 0 Å². The van der Waals surface area contributed by atoms with Crippen LogP contribution in [-0.2, 0) is 0 Å². The molecule has 1 aliphatic rings. The molecule has 1 heterocycles. The molecule has 6 heteroatoms. The van der Waals surface area contributed by atoms with Crippen LogP contribution in [0, 0.1) is 6.92 Å². The Bertz CT molecular complexity index is 740. The zero-order valence-electron chi connectivity index (χ0n) is 15.4. The predicted octanol–water partition coefficient (Wildman–Crippen LogP) is 3.99. The van der Waals surface area contributed by atoms with Gasteiger partial charge in [0.15, 0.2) is 0 Å². The van der Waals surface area contributed by atoms with E-state index in [-0.39, 0.29) is 11.9 Å². The molecule has 1 aromatic heterocycles. The standard InChI is InChI=1S/C20H26N4O2/c1-3-26-17-11-9-16(10-12-17)23-20-21-14(2)13-18(24-20)19(25)22-15-7-5-4-6-8-15/h9-13,15H,3-8H2,1-2H3,(H,22,25)(H,21,23,24). The number of benzene rings is 1. The third kappa shape index (κ3) is 4.94. The number of aryl methyl sites for hydroxylation is 1. The van der Waals surface area contributed by atoms with Crippen molar-refractivity contribution in [2.24, 2.45) is 0 Å². The van der Waals surface area contributed by atoms with Crippen LogP contribution in [0.25, 0.3) is 0 Å². The average Bonchev–Trinajstić information content (AvgIpc) is 2.64. The van der Waals surface area contributed by atoms with Crippen LogP contribution < -0.4 is 15.4 Å². The number of carbonyl (C=O) groups excluding carboxylic acids is 1. The number of anilines is 2. The molecule has 1 amide bonds. The zero-order valence-corrected chi connectivity index (χ0v) is 15.4. The molecule has 1 fully saturated rings. The lowest BCUT2D eigenvalue weighted by atomic mass is 9.95. The van der Waals surface area contributed by atoms with Gasteiger partial charge in [0.1, 0.15) is 11.4 Å². The largest absolute Gasteiger partial charge is 0.494 e. The third-order valence-corrected chi connectivity index (χ3v) is 4.45. The second-order valence-electron chi connectivity index (χ2n) is 6.61. The van der Waals surface area contributed by atoms with E-state index in [0.29, 0.717) is 18.2 Å². The number of hydrogen-bond acceptors (Lipinski definition) is 5. The fourth-order valence-corrected chi connectivity index (χ4v) is 3.18. The molecule has 0 unspecified atom stereocenters. The first-order chi connectivity index (χ1) is 12.6. The molecule has 0 spiro atoms. The molecule has 0 radical (unpaired) electrons. The highest BCUT2D eigenvalue weighted by atomic mass is 16.5. The van der Waals surface area contributed by atoms with Crippen LogP contribution in [0.2, 0.25) is 0 Å². The van der Waals surface area contributed by atoms with E-state index < -0.39 is 0 Å². The number of ether oxygens (including phenoxy) is 1. The SMILES string of the molecule is CCOc1ccc(Nc2nc(C)cc(C(=O)NC3CCCCC3)n2)cc1. The number of nitrogens with zero attached hydrogens (tertiary/aromatic N) is 2. The fourth-order valence-electron chi connectivity index (χ4n) is 3.18. The van der Waals surface area contributed by atoms with Crippen molar-refractivity contribution >= 4 is 17.5 Å². The third-order valence-electron chi connectivity index (χ3n) is 4.45. The van der Waals surface area contributed by atoms with Crippen LogP contribution in [0.4, 0.5) is 11.6 Å². The van der Waals surface area contributed by atoms with Gasteiger partial charge in [-0.05, 0) is 57.0 Å². The molecule has 0 atom stereocenters. The van der Waals surface area contributed by atoms with Crippen LogP contribution in [0.1, 0.15) is 55.2 Å². The van der Waals surface area contributed by atoms with Gasteiger partial charge in [0.2, 0.25) is 5.95 Å². The highest BCUT2D eigenvalue weighted by Crippen LogP contribution is 2.20. The molecule has 6 nitrogen and oxygen atoms in total. The van der Waals surface area contributed by atoms with Gasteiger partial charge in [0.25, 0.3) is 5.91 Å². The topological polar surface area (TPSA) is 76.1 Å². The maximum atomic E-state index is 12.5. The van der Waals surface area contributed by atoms with Gasteiger partial charge in [0, 0.05) is 17.4 Å². The average molecular weight is 354 g/mol. The second-order valence-corrected chi connectivity index (χ2v) is 6.61. The van der Waals surface area contributed by atoms with E-state index in [1.807, 2.05) is 38.1 Å². The smallest absolute Gasteiger partial charge is 0.270 e. The zero-order chi connectivity index (χ0) is 18.4. The van der Waals surface area contributed by atoms with Gasteiger partial charge in [0.05, 0.1) is 6.61 Å². The molecular weight excluding hydrogens is 328 g/mol. The Kier molecular flexibility index (Phi) is 6.04. The lowest BCUT2D eigenvalue weighted by Crippen LogP contribution is -2.36. The number of amides is 1. The fraction of sp³-hybridized carbons (Fsp3) is 0.450. The van der Waals surface area contributed by atoms with E-state index in [2.05, 4.69) is 20.6 Å². The Labute approximate surface area is 154 Å². The van der Waals surface area contributed by atoms with Gasteiger partial charge in [-0.25, -0.2) is 9.97 Å². The van der Waals surface area contributed by atoms with E-state index in [0.717, 1.165) is 30.0 Å². The van der Waals surface area contributed by atoms with Crippen molar-refractivity contribution < 1.29 is 9.53 Å². The summed E-state index contributed by atoms with van der Waals surface area (Å²) in [6, 6.07) is 9.56. The normalized spacial score (nSPS) is 14.7. The van der Waals surface area contributed by atoms with Crippen molar-refractivity contribution in [1.29, 1.82) is 0 Å². The maximum Gasteiger partial charge on any atom is 0.270 e. The molecule has 0 bridgehead atoms. The first kappa shape index (κ1) is 18.2. The van der Waals surface area contributed by atoms with Crippen molar-refractivity contribution in [2.45, 2.75) is 52.0 Å². The summed E-state index contributed by atoms with van der Waals surface area (Å²) in [5, 5.41) is 6.26. The Balaban J connectivity index is 1.69. The van der Waals surface area contributed by atoms with Crippen molar-refractivity contribution in [3.05, 3.63) is 41.7 Å². The van der Waals surface area contributed by atoms with Crippen LogP contribution >= 0.6 is 0 Å². The molecule has 26 heavy (non-hydrogen) atoms. The molecule has 2 N–H and O–H groups in total. The number of nitrogens with one attached hydrogen (secondary N) is 2. The first-order valence-electron chi connectivity index (χ1n) is 9.30. The van der Waals surface area contributed by atoms with Crippen LogP contribution in [0.5, 0.6) is 5.75 Å². The Morgan fingerprint density at radius 1 is 1.15 bits per heavy atom. The van der Waals surface area contributed by atoms with Crippen LogP contribution in [0.3, 0.4) is 0 Å². The molecule has 3 rings (SSSR count). The number of rotatable bonds is 6. The molecule has 138 valence electrons. The monoisotopic (exact) mass is 354 g/mol. The first-order valence-corrected chi connectivity index (χ1v) is 9.30. The number of aromatic nitrogens is 2. The van der Waals surface area contributed by atoms with Gasteiger partial charge in [-0.1, -0.05) is 19.3 Å². The van der Waals surface area contributed by atoms with Gasteiger partial charge in [-0.3, -0.25) is 4.79 Å². The van der Waals surface area contributed by atoms with Gasteiger partial charge >= 0.3 is 0 Å². The highest BCUT2D eigenvalue weighted by Gasteiger charge is 2.18. The van der Waals surface area contributed by atoms with E-state index in [4.69, 9.17) is 4.74 Å². The summed E-state index contributed by atoms with van der Waals surface area (Å²) in [6.45, 7) is 4.45. The number of hydrogen-bond donors (Lipinski definition) is 2. The number of carbonyl (C=O) groups is 1. The summed E-state index contributed by atoms with van der Waals surface area (Å²) in [7, 11) is 0. The highest BCUT2D eigenvalue weighted by molar-refractivity contribution is 5.92. The Morgan fingerprint density at radius 2 is 1.88 bits per heavy atom. The van der Waals surface area contributed by atoms with E-state index in [9.17, 15) is 4.79 Å². The van der Waals surface area contributed by atoms with E-state index in [1.165, 1.54) is 19.3 Å². The minimum atomic E-state index is -0.128. The molecule has 2 aromatic rings. The van der Waals surface area contributed by atoms with Gasteiger partial charge < -0.3 is 15.4 Å². The molecule has 1 aliphatic carbocycles. The summed E-state index contributed by atoms with van der Waals surface area (Å²) in [5.74, 6) is 1.11. The predicted molar refractivity (Wildman–Crippen MR) is 102 cm³/mol. The van der Waals surface area contributed by atoms with Crippen molar-refractivity contribution in [1.82, 2.24) is 15.3 Å². The summed E-state index contributed by atoms with van der Waals surface area (Å²) in [4.78, 5) is 21.3. The Hall–Kier alpha value is -2.63. The summed E-state index contributed by atoms with van der Waals surface area (Å²) < 4.78 is 5.44. The Morgan fingerprint density at radius 3 is 2.58 bits per heavy atom. The van der Waals surface area contributed by atoms with Crippen molar-refractivity contribution in [2.75, 3.05) is 11.9 Å². The maximum absolute atomic E-state index is 12.5. The minimum Gasteiger partial charge on any atom is -0.494 e. The van der Waals surface area contributed by atoms with Gasteiger partial charge in [-0.15, -0.1) is 0 Å².